The minimum atomic E-state index is -0.697. The highest BCUT2D eigenvalue weighted by Gasteiger charge is 2.39. The highest BCUT2D eigenvalue weighted by atomic mass is 127. The number of cyclic esters (lactones) is 1. The van der Waals surface area contributed by atoms with E-state index < -0.39 is 11.6 Å². The third kappa shape index (κ3) is 4.15. The van der Waals surface area contributed by atoms with E-state index in [1.54, 1.807) is 0 Å². The molecule has 1 atom stereocenters. The number of alkyl carbamates (subject to hydrolysis) is 1. The van der Waals surface area contributed by atoms with Crippen LogP contribution in [0.3, 0.4) is 0 Å². The zero-order chi connectivity index (χ0) is 20.8. The molecule has 1 N–H and O–H groups in total. The zero-order valence-electron chi connectivity index (χ0n) is 17.4. The number of ether oxygens (including phenoxy) is 2. The molecule has 0 bridgehead atoms. The Kier molecular flexibility index (Phi) is 5.38. The van der Waals surface area contributed by atoms with Crippen molar-refractivity contribution in [3.63, 3.8) is 0 Å². The van der Waals surface area contributed by atoms with Crippen LogP contribution in [0.25, 0.3) is 10.9 Å². The molecule has 156 valence electrons. The quantitative estimate of drug-likeness (QED) is 0.578. The molecule has 1 aliphatic carbocycles. The molecule has 1 aromatic heterocycles. The number of carbonyl (C=O) groups is 1. The van der Waals surface area contributed by atoms with Crippen LogP contribution < -0.4 is 10.1 Å². The van der Waals surface area contributed by atoms with Gasteiger partial charge in [-0.1, -0.05) is 20.8 Å². The van der Waals surface area contributed by atoms with E-state index in [1.165, 1.54) is 12.8 Å². The number of hydrogen-bond acceptors (Lipinski definition) is 5. The van der Waals surface area contributed by atoms with Crippen LogP contribution in [0.1, 0.15) is 59.2 Å². The average molecular weight is 509 g/mol. The van der Waals surface area contributed by atoms with Gasteiger partial charge in [-0.3, -0.25) is 0 Å². The summed E-state index contributed by atoms with van der Waals surface area (Å²) in [6.45, 7) is 9.11. The Hall–Kier alpha value is -1.64. The van der Waals surface area contributed by atoms with Gasteiger partial charge >= 0.3 is 6.09 Å². The van der Waals surface area contributed by atoms with E-state index in [4.69, 9.17) is 9.47 Å². The lowest BCUT2D eigenvalue weighted by Gasteiger charge is -2.37. The molecule has 0 unspecified atom stereocenters. The Bertz CT molecular complexity index is 935. The summed E-state index contributed by atoms with van der Waals surface area (Å²) in [5, 5.41) is 3.75. The Balaban J connectivity index is 1.51. The number of rotatable bonds is 3. The number of nitrogens with zero attached hydrogens (tertiary/aromatic N) is 2. The van der Waals surface area contributed by atoms with Gasteiger partial charge in [0.15, 0.2) is 5.82 Å². The average Bonchev–Trinajstić information content (AvgIpc) is 3.03. The molecule has 4 rings (SSSR count). The first-order valence-electron chi connectivity index (χ1n) is 10.2. The van der Waals surface area contributed by atoms with E-state index in [2.05, 4.69) is 58.6 Å². The van der Waals surface area contributed by atoms with Crippen molar-refractivity contribution in [2.24, 2.45) is 11.3 Å². The van der Waals surface area contributed by atoms with Gasteiger partial charge in [0.25, 0.3) is 0 Å². The molecule has 1 amide bonds. The predicted molar refractivity (Wildman–Crippen MR) is 120 cm³/mol. The van der Waals surface area contributed by atoms with Crippen LogP contribution >= 0.6 is 22.6 Å². The van der Waals surface area contributed by atoms with E-state index in [0.29, 0.717) is 11.2 Å². The molecule has 2 aliphatic rings. The zero-order valence-corrected chi connectivity index (χ0v) is 19.6. The van der Waals surface area contributed by atoms with Crippen molar-refractivity contribution in [3.8, 4) is 5.75 Å². The number of hydrogen-bond donors (Lipinski definition) is 1. The smallest absolute Gasteiger partial charge is 0.408 e. The summed E-state index contributed by atoms with van der Waals surface area (Å²) in [6, 6.07) is 3.97. The lowest BCUT2D eigenvalue weighted by Crippen LogP contribution is -2.39. The number of nitrogens with one attached hydrogen (secondary N) is 1. The second kappa shape index (κ2) is 7.56. The van der Waals surface area contributed by atoms with Gasteiger partial charge in [-0.15, -0.1) is 0 Å². The molecular formula is C22H28IN3O3. The lowest BCUT2D eigenvalue weighted by atomic mass is 9.72. The minimum Gasteiger partial charge on any atom is -0.489 e. The van der Waals surface area contributed by atoms with Crippen molar-refractivity contribution >= 4 is 39.6 Å². The van der Waals surface area contributed by atoms with E-state index in [1.807, 2.05) is 25.3 Å². The van der Waals surface area contributed by atoms with Crippen LogP contribution in [-0.2, 0) is 10.3 Å². The first kappa shape index (κ1) is 20.6. The first-order valence-corrected chi connectivity index (χ1v) is 11.3. The van der Waals surface area contributed by atoms with Crippen molar-refractivity contribution in [1.82, 2.24) is 15.3 Å². The number of benzene rings is 1. The molecular weight excluding hydrogens is 481 g/mol. The lowest BCUT2D eigenvalue weighted by molar-refractivity contribution is 0.0877. The van der Waals surface area contributed by atoms with E-state index in [0.717, 1.165) is 39.0 Å². The van der Waals surface area contributed by atoms with Crippen LogP contribution in [0.2, 0.25) is 0 Å². The van der Waals surface area contributed by atoms with Gasteiger partial charge in [0.1, 0.15) is 17.9 Å². The molecule has 2 aromatic rings. The molecule has 7 heteroatoms. The molecule has 1 aliphatic heterocycles. The van der Waals surface area contributed by atoms with Gasteiger partial charge in [-0.25, -0.2) is 14.8 Å². The summed E-state index contributed by atoms with van der Waals surface area (Å²) < 4.78 is 12.4. The third-order valence-corrected chi connectivity index (χ3v) is 7.33. The molecule has 0 radical (unpaired) electrons. The van der Waals surface area contributed by atoms with Crippen LogP contribution in [0.5, 0.6) is 5.75 Å². The highest BCUT2D eigenvalue weighted by Crippen LogP contribution is 2.39. The van der Waals surface area contributed by atoms with Crippen LogP contribution in [-0.4, -0.2) is 28.8 Å². The Morgan fingerprint density at radius 2 is 1.97 bits per heavy atom. The maximum Gasteiger partial charge on any atom is 0.408 e. The second-order valence-electron chi connectivity index (χ2n) is 9.49. The third-order valence-electron chi connectivity index (χ3n) is 6.22. The molecule has 0 spiro atoms. The molecule has 6 nitrogen and oxygen atoms in total. The predicted octanol–water partition coefficient (Wildman–Crippen LogP) is 5.17. The number of amides is 1. The van der Waals surface area contributed by atoms with Gasteiger partial charge in [-0.2, -0.15) is 0 Å². The van der Waals surface area contributed by atoms with E-state index >= 15 is 0 Å². The summed E-state index contributed by atoms with van der Waals surface area (Å²) in [5.74, 6) is 2.23. The summed E-state index contributed by atoms with van der Waals surface area (Å²) in [4.78, 5) is 20.6. The van der Waals surface area contributed by atoms with Gasteiger partial charge in [-0.05, 0) is 78.7 Å². The molecule has 1 aromatic carbocycles. The van der Waals surface area contributed by atoms with Gasteiger partial charge < -0.3 is 14.8 Å². The fourth-order valence-corrected chi connectivity index (χ4v) is 4.99. The van der Waals surface area contributed by atoms with Crippen LogP contribution in [0, 0.1) is 14.9 Å². The summed E-state index contributed by atoms with van der Waals surface area (Å²) in [6.07, 6.45) is 6.29. The topological polar surface area (TPSA) is 73.3 Å². The minimum absolute atomic E-state index is 0.229. The maximum atomic E-state index is 11.5. The number of halogens is 1. The largest absolute Gasteiger partial charge is 0.489 e. The fraction of sp³-hybridized carbons (Fsp3) is 0.591. The summed E-state index contributed by atoms with van der Waals surface area (Å²) in [7, 11) is 0. The van der Waals surface area contributed by atoms with Crippen molar-refractivity contribution in [2.75, 3.05) is 6.61 Å². The fourth-order valence-electron chi connectivity index (χ4n) is 4.26. The van der Waals surface area contributed by atoms with Crippen molar-refractivity contribution in [1.29, 1.82) is 0 Å². The van der Waals surface area contributed by atoms with E-state index in [9.17, 15) is 4.79 Å². The van der Waals surface area contributed by atoms with Crippen molar-refractivity contribution in [3.05, 3.63) is 27.7 Å². The van der Waals surface area contributed by atoms with Crippen LogP contribution in [0.4, 0.5) is 4.79 Å². The van der Waals surface area contributed by atoms with Crippen molar-refractivity contribution in [2.45, 2.75) is 65.0 Å². The van der Waals surface area contributed by atoms with Crippen molar-refractivity contribution < 1.29 is 14.3 Å². The van der Waals surface area contributed by atoms with Gasteiger partial charge in [0.05, 0.1) is 15.2 Å². The SMILES string of the molecule is CC(C)(C)C1CCC(Oc2ccc3nc([C@]4(C)COC(=O)N4)ncc3c2I)CC1. The second-order valence-corrected chi connectivity index (χ2v) is 10.6. The summed E-state index contributed by atoms with van der Waals surface area (Å²) >= 11 is 2.32. The van der Waals surface area contributed by atoms with Gasteiger partial charge in [0.2, 0.25) is 0 Å². The molecule has 29 heavy (non-hydrogen) atoms. The normalized spacial score (nSPS) is 27.6. The van der Waals surface area contributed by atoms with E-state index in [-0.39, 0.29) is 12.7 Å². The standard InChI is InChI=1S/C22H28IN3O3/c1-21(2,3)13-5-7-14(8-6-13)29-17-10-9-16-15(18(17)23)11-24-19(25-16)22(4)12-28-20(27)26-22/h9-11,13-14H,5-8,12H2,1-4H3,(H,26,27)/t13?,14?,22-/m0/s1. The number of carbonyl (C=O) groups excluding carboxylic acids is 1. The Morgan fingerprint density at radius 3 is 2.59 bits per heavy atom. The van der Waals surface area contributed by atoms with Crippen LogP contribution in [0.15, 0.2) is 18.3 Å². The Morgan fingerprint density at radius 1 is 1.24 bits per heavy atom. The van der Waals surface area contributed by atoms with Gasteiger partial charge in [0, 0.05) is 11.6 Å². The molecule has 1 saturated carbocycles. The first-order chi connectivity index (χ1) is 13.7. The highest BCUT2D eigenvalue weighted by molar-refractivity contribution is 14.1. The maximum absolute atomic E-state index is 11.5. The number of fused-ring (bicyclic) bond motifs is 1. The number of aromatic nitrogens is 2. The molecule has 2 heterocycles. The Labute approximate surface area is 185 Å². The monoisotopic (exact) mass is 509 g/mol. The molecule has 1 saturated heterocycles. The molecule has 2 fully saturated rings. The summed E-state index contributed by atoms with van der Waals surface area (Å²) in [5.41, 5.74) is 0.515.